The maximum Gasteiger partial charge on any atom is 0.152 e. The third kappa shape index (κ3) is 13.1. The van der Waals surface area contributed by atoms with Gasteiger partial charge in [0, 0.05) is 0 Å². The lowest BCUT2D eigenvalue weighted by molar-refractivity contribution is -0.112. The highest BCUT2D eigenvalue weighted by Gasteiger charge is 1.95. The summed E-state index contributed by atoms with van der Waals surface area (Å²) in [5.74, 6) is 0.913. The van der Waals surface area contributed by atoms with E-state index in [-0.39, 0.29) is 5.78 Å². The molecule has 19 heavy (non-hydrogen) atoms. The summed E-state index contributed by atoms with van der Waals surface area (Å²) in [7, 11) is 0. The first-order valence-electron chi connectivity index (χ1n) is 7.42. The van der Waals surface area contributed by atoms with Gasteiger partial charge in [0.15, 0.2) is 5.78 Å². The molecule has 0 atom stereocenters. The van der Waals surface area contributed by atoms with Crippen LogP contribution >= 0.6 is 0 Å². The third-order valence-corrected chi connectivity index (χ3v) is 3.10. The number of carbonyl (C=O) groups excluding carboxylic acids is 1. The highest BCUT2D eigenvalue weighted by molar-refractivity contribution is 5.87. The summed E-state index contributed by atoms with van der Waals surface area (Å²) in [6.07, 6.45) is 13.9. The van der Waals surface area contributed by atoms with Gasteiger partial charge in [-0.2, -0.15) is 0 Å². The van der Waals surface area contributed by atoms with Crippen molar-refractivity contribution in [3.8, 4) is 0 Å². The van der Waals surface area contributed by atoms with Crippen molar-refractivity contribution >= 4 is 5.78 Å². The van der Waals surface area contributed by atoms with Crippen LogP contribution in [0.4, 0.5) is 0 Å². The van der Waals surface area contributed by atoms with Crippen LogP contribution in [-0.2, 0) is 4.79 Å². The summed E-state index contributed by atoms with van der Waals surface area (Å²) in [6, 6.07) is 0. The van der Waals surface area contributed by atoms with Gasteiger partial charge in [0.1, 0.15) is 0 Å². The van der Waals surface area contributed by atoms with Crippen LogP contribution < -0.4 is 0 Å². The van der Waals surface area contributed by atoms with Crippen molar-refractivity contribution in [2.24, 2.45) is 5.92 Å². The molecule has 0 N–H and O–H groups in total. The van der Waals surface area contributed by atoms with Gasteiger partial charge in [0.2, 0.25) is 0 Å². The van der Waals surface area contributed by atoms with Crippen molar-refractivity contribution in [3.05, 3.63) is 35.5 Å². The Kier molecular flexibility index (Phi) is 10.1. The Bertz CT molecular complexity index is 343. The molecule has 0 aromatic rings. The van der Waals surface area contributed by atoms with Crippen LogP contribution in [0.1, 0.15) is 66.7 Å². The van der Waals surface area contributed by atoms with E-state index in [4.69, 9.17) is 0 Å². The predicted molar refractivity (Wildman–Crippen MR) is 85.3 cm³/mol. The number of ketones is 1. The Hall–Kier alpha value is -1.11. The molecule has 1 heteroatoms. The summed E-state index contributed by atoms with van der Waals surface area (Å²) in [5, 5.41) is 0. The zero-order valence-corrected chi connectivity index (χ0v) is 13.3. The van der Waals surface area contributed by atoms with Crippen molar-refractivity contribution < 1.29 is 4.79 Å². The molecule has 0 aliphatic rings. The van der Waals surface area contributed by atoms with Crippen molar-refractivity contribution in [1.29, 1.82) is 0 Å². The molecule has 1 nitrogen and oxygen atoms in total. The van der Waals surface area contributed by atoms with E-state index in [1.807, 2.05) is 12.2 Å². The van der Waals surface area contributed by atoms with E-state index in [1.165, 1.54) is 30.4 Å². The molecule has 0 rings (SSSR count). The molecule has 0 aromatic carbocycles. The van der Waals surface area contributed by atoms with Crippen molar-refractivity contribution in [1.82, 2.24) is 0 Å². The molecule has 108 valence electrons. The van der Waals surface area contributed by atoms with Crippen LogP contribution in [-0.4, -0.2) is 5.78 Å². The van der Waals surface area contributed by atoms with Gasteiger partial charge in [-0.05, 0) is 58.4 Å². The van der Waals surface area contributed by atoms with Crippen LogP contribution in [0.3, 0.4) is 0 Å². The van der Waals surface area contributed by atoms with E-state index >= 15 is 0 Å². The van der Waals surface area contributed by atoms with E-state index in [1.54, 1.807) is 13.0 Å². The van der Waals surface area contributed by atoms with E-state index in [0.717, 1.165) is 18.8 Å². The second-order valence-electron chi connectivity index (χ2n) is 5.86. The fraction of sp³-hybridized carbons (Fsp3) is 0.611. The summed E-state index contributed by atoms with van der Waals surface area (Å²) in [5.41, 5.74) is 2.83. The monoisotopic (exact) mass is 262 g/mol. The zero-order chi connectivity index (χ0) is 14.7. The van der Waals surface area contributed by atoms with Gasteiger partial charge in [-0.1, -0.05) is 49.6 Å². The second kappa shape index (κ2) is 10.8. The van der Waals surface area contributed by atoms with Crippen LogP contribution in [0.2, 0.25) is 0 Å². The molecule has 0 unspecified atom stereocenters. The topological polar surface area (TPSA) is 17.1 Å². The van der Waals surface area contributed by atoms with Crippen LogP contribution in [0.15, 0.2) is 35.5 Å². The minimum absolute atomic E-state index is 0.102. The normalized spacial score (nSPS) is 13.6. The average molecular weight is 262 g/mol. The lowest BCUT2D eigenvalue weighted by Gasteiger charge is -2.05. The first-order valence-corrected chi connectivity index (χ1v) is 7.42. The van der Waals surface area contributed by atoms with Gasteiger partial charge in [-0.3, -0.25) is 4.79 Å². The van der Waals surface area contributed by atoms with Crippen molar-refractivity contribution in [2.45, 2.75) is 66.7 Å². The molecular weight excluding hydrogens is 232 g/mol. The third-order valence-electron chi connectivity index (χ3n) is 3.10. The van der Waals surface area contributed by atoms with E-state index in [9.17, 15) is 4.79 Å². The van der Waals surface area contributed by atoms with Crippen LogP contribution in [0, 0.1) is 5.92 Å². The SMILES string of the molecule is CC(=O)C=CC=C(C)CCC=C(C)CCCC(C)C. The molecule has 0 spiro atoms. The predicted octanol–water partition coefficient (Wildman–Crippen LogP) is 5.63. The molecule has 0 aliphatic carbocycles. The molecule has 0 fully saturated rings. The Balaban J connectivity index is 3.89. The summed E-state index contributed by atoms with van der Waals surface area (Å²) in [6.45, 7) is 10.5. The Morgan fingerprint density at radius 1 is 1.05 bits per heavy atom. The molecular formula is C18H30O. The number of allylic oxidation sites excluding steroid dienone is 6. The lowest BCUT2D eigenvalue weighted by atomic mass is 10.0. The summed E-state index contributed by atoms with van der Waals surface area (Å²) >= 11 is 0. The largest absolute Gasteiger partial charge is 0.295 e. The second-order valence-corrected chi connectivity index (χ2v) is 5.86. The molecule has 0 saturated heterocycles. The average Bonchev–Trinajstić information content (AvgIpc) is 2.27. The first-order chi connectivity index (χ1) is 8.91. The van der Waals surface area contributed by atoms with Gasteiger partial charge >= 0.3 is 0 Å². The molecule has 0 heterocycles. The summed E-state index contributed by atoms with van der Waals surface area (Å²) in [4.78, 5) is 10.8. The van der Waals surface area contributed by atoms with Gasteiger partial charge in [-0.15, -0.1) is 0 Å². The van der Waals surface area contributed by atoms with Gasteiger partial charge in [-0.25, -0.2) is 0 Å². The smallest absolute Gasteiger partial charge is 0.152 e. The minimum atomic E-state index is 0.102. The maximum absolute atomic E-state index is 10.8. The number of carbonyl (C=O) groups is 1. The fourth-order valence-electron chi connectivity index (χ4n) is 1.87. The lowest BCUT2D eigenvalue weighted by Crippen LogP contribution is -1.87. The summed E-state index contributed by atoms with van der Waals surface area (Å²) < 4.78 is 0. The van der Waals surface area contributed by atoms with Gasteiger partial charge < -0.3 is 0 Å². The maximum atomic E-state index is 10.8. The van der Waals surface area contributed by atoms with Crippen molar-refractivity contribution in [2.75, 3.05) is 0 Å². The number of rotatable bonds is 9. The van der Waals surface area contributed by atoms with E-state index in [2.05, 4.69) is 33.8 Å². The Morgan fingerprint density at radius 2 is 1.74 bits per heavy atom. The van der Waals surface area contributed by atoms with Crippen LogP contribution in [0.5, 0.6) is 0 Å². The molecule has 0 bridgehead atoms. The minimum Gasteiger partial charge on any atom is -0.295 e. The quantitative estimate of drug-likeness (QED) is 0.299. The Labute approximate surface area is 119 Å². The first kappa shape index (κ1) is 17.9. The van der Waals surface area contributed by atoms with Gasteiger partial charge in [0.05, 0.1) is 0 Å². The molecule has 0 aromatic heterocycles. The van der Waals surface area contributed by atoms with E-state index < -0.39 is 0 Å². The highest BCUT2D eigenvalue weighted by Crippen LogP contribution is 2.13. The molecule has 0 aliphatic heterocycles. The van der Waals surface area contributed by atoms with Gasteiger partial charge in [0.25, 0.3) is 0 Å². The van der Waals surface area contributed by atoms with Crippen molar-refractivity contribution in [3.63, 3.8) is 0 Å². The standard InChI is InChI=1S/C18H30O/c1-15(2)9-6-10-16(3)11-7-12-17(4)13-8-14-18(5)19/h8,11,13-15H,6-7,9-10,12H2,1-5H3. The van der Waals surface area contributed by atoms with E-state index in [0.29, 0.717) is 0 Å². The molecule has 0 saturated carbocycles. The number of hydrogen-bond donors (Lipinski definition) is 0. The Morgan fingerprint density at radius 3 is 2.32 bits per heavy atom. The molecule has 0 radical (unpaired) electrons. The molecule has 0 amide bonds. The van der Waals surface area contributed by atoms with Crippen LogP contribution in [0.25, 0.3) is 0 Å². The number of hydrogen-bond acceptors (Lipinski definition) is 1. The zero-order valence-electron chi connectivity index (χ0n) is 13.3. The highest BCUT2D eigenvalue weighted by atomic mass is 16.1. The fourth-order valence-corrected chi connectivity index (χ4v) is 1.87.